The molecule has 0 aliphatic carbocycles. The molecule has 2 aliphatic rings. The number of benzene rings is 2. The topological polar surface area (TPSA) is 79.9 Å². The van der Waals surface area contributed by atoms with Gasteiger partial charge in [0.25, 0.3) is 0 Å². The van der Waals surface area contributed by atoms with E-state index in [2.05, 4.69) is 10.6 Å². The zero-order chi connectivity index (χ0) is 21.3. The van der Waals surface area contributed by atoms with Gasteiger partial charge < -0.3 is 25.0 Å². The summed E-state index contributed by atoms with van der Waals surface area (Å²) in [6, 6.07) is 8.98. The monoisotopic (exact) mass is 421 g/mol. The third-order valence-corrected chi connectivity index (χ3v) is 4.87. The quantitative estimate of drug-likeness (QED) is 0.791. The average Bonchev–Trinajstić information content (AvgIpc) is 3.31. The fraction of sp³-hybridized carbons (Fsp3) is 0.300. The Morgan fingerprint density at radius 3 is 2.73 bits per heavy atom. The second-order valence-electron chi connectivity index (χ2n) is 7.03. The number of rotatable bonds is 4. The number of hydrogen-bond donors (Lipinski definition) is 2. The number of nitrogens with one attached hydrogen (secondary N) is 2. The highest BCUT2D eigenvalue weighted by Gasteiger charge is 2.32. The first kappa shape index (κ1) is 19.9. The van der Waals surface area contributed by atoms with Crippen LogP contribution < -0.4 is 25.0 Å². The average molecular weight is 421 g/mol. The summed E-state index contributed by atoms with van der Waals surface area (Å²) in [6.45, 7) is 0.750. The molecule has 1 atom stereocenters. The van der Waals surface area contributed by atoms with E-state index >= 15 is 0 Å². The third kappa shape index (κ3) is 4.27. The van der Waals surface area contributed by atoms with Gasteiger partial charge in [0.1, 0.15) is 0 Å². The first-order valence-electron chi connectivity index (χ1n) is 9.22. The molecule has 0 spiro atoms. The zero-order valence-electron chi connectivity index (χ0n) is 15.7. The van der Waals surface area contributed by atoms with Gasteiger partial charge in [0, 0.05) is 42.9 Å². The van der Waals surface area contributed by atoms with Crippen molar-refractivity contribution in [2.24, 2.45) is 5.92 Å². The van der Waals surface area contributed by atoms with Crippen LogP contribution in [0.25, 0.3) is 0 Å². The molecule has 0 bridgehead atoms. The van der Waals surface area contributed by atoms with Crippen LogP contribution in [-0.4, -0.2) is 31.8 Å². The molecule has 2 N–H and O–H groups in total. The summed E-state index contributed by atoms with van der Waals surface area (Å²) in [4.78, 5) is 26.0. The summed E-state index contributed by atoms with van der Waals surface area (Å²) in [7, 11) is 0. The first-order chi connectivity index (χ1) is 14.3. The number of carbonyl (C=O) groups is 2. The molecule has 2 aromatic carbocycles. The van der Waals surface area contributed by atoms with Gasteiger partial charge in [0.15, 0.2) is 11.5 Å². The highest BCUT2D eigenvalue weighted by Crippen LogP contribution is 2.37. The van der Waals surface area contributed by atoms with E-state index in [4.69, 9.17) is 9.47 Å². The number of urea groups is 1. The minimum atomic E-state index is -4.49. The summed E-state index contributed by atoms with van der Waals surface area (Å²) >= 11 is 0. The Bertz CT molecular complexity index is 980. The molecule has 30 heavy (non-hydrogen) atoms. The number of fused-ring (bicyclic) bond motifs is 1. The Kier molecular flexibility index (Phi) is 5.15. The number of hydrogen-bond acceptors (Lipinski definition) is 4. The summed E-state index contributed by atoms with van der Waals surface area (Å²) in [6.07, 6.45) is -4.24. The van der Waals surface area contributed by atoms with Crippen molar-refractivity contribution in [2.75, 3.05) is 30.1 Å². The van der Waals surface area contributed by atoms with Crippen LogP contribution in [0.5, 0.6) is 11.5 Å². The molecule has 3 amide bonds. The zero-order valence-corrected chi connectivity index (χ0v) is 15.7. The lowest BCUT2D eigenvalue weighted by molar-refractivity contribution is -0.137. The largest absolute Gasteiger partial charge is 0.454 e. The van der Waals surface area contributed by atoms with Crippen molar-refractivity contribution in [2.45, 2.75) is 12.6 Å². The lowest BCUT2D eigenvalue weighted by Gasteiger charge is -2.17. The van der Waals surface area contributed by atoms with Gasteiger partial charge >= 0.3 is 12.2 Å². The van der Waals surface area contributed by atoms with E-state index in [1.165, 1.54) is 12.1 Å². The maximum absolute atomic E-state index is 12.8. The summed E-state index contributed by atoms with van der Waals surface area (Å²) in [5, 5.41) is 4.99. The van der Waals surface area contributed by atoms with Gasteiger partial charge in [-0.25, -0.2) is 4.79 Å². The van der Waals surface area contributed by atoms with Gasteiger partial charge in [0.2, 0.25) is 12.7 Å². The van der Waals surface area contributed by atoms with E-state index in [0.29, 0.717) is 23.7 Å². The van der Waals surface area contributed by atoms with Crippen molar-refractivity contribution in [3.05, 3.63) is 48.0 Å². The minimum Gasteiger partial charge on any atom is -0.454 e. The Hall–Kier alpha value is -3.43. The van der Waals surface area contributed by atoms with Crippen molar-refractivity contribution >= 4 is 23.3 Å². The van der Waals surface area contributed by atoms with Crippen molar-refractivity contribution in [3.8, 4) is 11.5 Å². The van der Waals surface area contributed by atoms with E-state index in [9.17, 15) is 22.8 Å². The van der Waals surface area contributed by atoms with Gasteiger partial charge in [-0.15, -0.1) is 0 Å². The van der Waals surface area contributed by atoms with Gasteiger partial charge in [-0.05, 0) is 30.3 Å². The smallest absolute Gasteiger partial charge is 0.416 e. The fourth-order valence-corrected chi connectivity index (χ4v) is 3.41. The SMILES string of the molecule is O=C(NCC1CC(=O)N(c2ccc3c(c2)OCO3)C1)Nc1cccc(C(F)(F)F)c1. The van der Waals surface area contributed by atoms with Crippen molar-refractivity contribution in [3.63, 3.8) is 0 Å². The Labute approximate surface area is 169 Å². The molecule has 0 saturated carbocycles. The van der Waals surface area contributed by atoms with E-state index in [1.54, 1.807) is 23.1 Å². The third-order valence-electron chi connectivity index (χ3n) is 4.87. The Morgan fingerprint density at radius 1 is 1.13 bits per heavy atom. The van der Waals surface area contributed by atoms with Crippen molar-refractivity contribution in [1.82, 2.24) is 5.32 Å². The van der Waals surface area contributed by atoms with Crippen LogP contribution >= 0.6 is 0 Å². The lowest BCUT2D eigenvalue weighted by atomic mass is 10.1. The highest BCUT2D eigenvalue weighted by molar-refractivity contribution is 5.96. The molecular formula is C20H18F3N3O4. The van der Waals surface area contributed by atoms with E-state index in [-0.39, 0.29) is 37.3 Å². The summed E-state index contributed by atoms with van der Waals surface area (Å²) in [5.74, 6) is 0.978. The molecule has 2 heterocycles. The molecule has 2 aromatic rings. The van der Waals surface area contributed by atoms with Crippen LogP contribution in [0.15, 0.2) is 42.5 Å². The standard InChI is InChI=1S/C20H18F3N3O4/c21-20(22,23)13-2-1-3-14(7-13)25-19(28)24-9-12-6-18(27)26(10-12)15-4-5-16-17(8-15)30-11-29-16/h1-5,7-8,12H,6,9-11H2,(H2,24,25,28). The Balaban J connectivity index is 1.31. The van der Waals surface area contributed by atoms with E-state index in [0.717, 1.165) is 12.1 Å². The molecule has 1 fully saturated rings. The van der Waals surface area contributed by atoms with Crippen LogP contribution in [0, 0.1) is 5.92 Å². The number of halogens is 3. The number of nitrogens with zero attached hydrogens (tertiary/aromatic N) is 1. The molecular weight excluding hydrogens is 403 g/mol. The molecule has 1 unspecified atom stereocenters. The number of ether oxygens (including phenoxy) is 2. The first-order valence-corrected chi connectivity index (χ1v) is 9.22. The van der Waals surface area contributed by atoms with Crippen LogP contribution in [0.1, 0.15) is 12.0 Å². The van der Waals surface area contributed by atoms with Gasteiger partial charge in [-0.2, -0.15) is 13.2 Å². The van der Waals surface area contributed by atoms with Crippen LogP contribution in [0.3, 0.4) is 0 Å². The molecule has 7 nitrogen and oxygen atoms in total. The number of alkyl halides is 3. The maximum atomic E-state index is 12.8. The van der Waals surface area contributed by atoms with Crippen LogP contribution in [-0.2, 0) is 11.0 Å². The normalized spacial score (nSPS) is 17.9. The van der Waals surface area contributed by atoms with Gasteiger partial charge in [-0.3, -0.25) is 4.79 Å². The predicted octanol–water partition coefficient (Wildman–Crippen LogP) is 3.61. The molecule has 4 rings (SSSR count). The second kappa shape index (κ2) is 7.77. The number of carbonyl (C=O) groups excluding carboxylic acids is 2. The number of anilines is 2. The van der Waals surface area contributed by atoms with Crippen LogP contribution in [0.4, 0.5) is 29.3 Å². The second-order valence-corrected chi connectivity index (χ2v) is 7.03. The molecule has 158 valence electrons. The molecule has 2 aliphatic heterocycles. The lowest BCUT2D eigenvalue weighted by Crippen LogP contribution is -2.34. The van der Waals surface area contributed by atoms with Gasteiger partial charge in [0.05, 0.1) is 5.56 Å². The number of amides is 3. The highest BCUT2D eigenvalue weighted by atomic mass is 19.4. The molecule has 0 radical (unpaired) electrons. The summed E-state index contributed by atoms with van der Waals surface area (Å²) in [5.41, 5.74) is -0.131. The predicted molar refractivity (Wildman–Crippen MR) is 101 cm³/mol. The molecule has 1 saturated heterocycles. The maximum Gasteiger partial charge on any atom is 0.416 e. The molecule has 10 heteroatoms. The fourth-order valence-electron chi connectivity index (χ4n) is 3.41. The van der Waals surface area contributed by atoms with Crippen LogP contribution in [0.2, 0.25) is 0 Å². The van der Waals surface area contributed by atoms with E-state index in [1.807, 2.05) is 0 Å². The van der Waals surface area contributed by atoms with Crippen molar-refractivity contribution in [1.29, 1.82) is 0 Å². The van der Waals surface area contributed by atoms with Crippen molar-refractivity contribution < 1.29 is 32.2 Å². The van der Waals surface area contributed by atoms with E-state index < -0.39 is 17.8 Å². The minimum absolute atomic E-state index is 0.0341. The molecule has 0 aromatic heterocycles. The summed E-state index contributed by atoms with van der Waals surface area (Å²) < 4.78 is 48.9. The Morgan fingerprint density at radius 2 is 1.93 bits per heavy atom. The van der Waals surface area contributed by atoms with Gasteiger partial charge in [-0.1, -0.05) is 6.07 Å².